The van der Waals surface area contributed by atoms with E-state index in [0.717, 1.165) is 36.3 Å². The second-order valence-corrected chi connectivity index (χ2v) is 6.31. The number of methoxy groups -OCH3 is 1. The number of rotatable bonds is 3. The average Bonchev–Trinajstić information content (AvgIpc) is 3.11. The maximum atomic E-state index is 9.86. The number of para-hydroxylation sites is 1. The second kappa shape index (κ2) is 5.11. The molecule has 22 heavy (non-hydrogen) atoms. The Morgan fingerprint density at radius 2 is 2.32 bits per heavy atom. The summed E-state index contributed by atoms with van der Waals surface area (Å²) in [7, 11) is 1.64. The van der Waals surface area contributed by atoms with Crippen molar-refractivity contribution in [3.05, 3.63) is 30.3 Å². The minimum Gasteiger partial charge on any atom is -0.481 e. The van der Waals surface area contributed by atoms with Gasteiger partial charge in [-0.05, 0) is 6.07 Å². The maximum Gasteiger partial charge on any atom is 0.215 e. The van der Waals surface area contributed by atoms with E-state index in [-0.39, 0.29) is 12.0 Å². The summed E-state index contributed by atoms with van der Waals surface area (Å²) in [6.45, 7) is 3.26. The van der Waals surface area contributed by atoms with Gasteiger partial charge < -0.3 is 19.5 Å². The molecule has 0 unspecified atom stereocenters. The van der Waals surface area contributed by atoms with Crippen LogP contribution < -0.4 is 9.64 Å². The molecule has 0 aliphatic carbocycles. The van der Waals surface area contributed by atoms with E-state index < -0.39 is 0 Å². The Bertz CT molecular complexity index is 705. The number of anilines is 1. The van der Waals surface area contributed by atoms with Crippen LogP contribution in [0.1, 0.15) is 0 Å². The number of pyridine rings is 1. The van der Waals surface area contributed by atoms with Crippen LogP contribution in [0.5, 0.6) is 5.88 Å². The molecule has 2 saturated heterocycles. The van der Waals surface area contributed by atoms with Gasteiger partial charge in [0.05, 0.1) is 38.1 Å². The normalized spacial score (nSPS) is 27.4. The third-order valence-electron chi connectivity index (χ3n) is 5.06. The lowest BCUT2D eigenvalue weighted by Crippen LogP contribution is -2.34. The third kappa shape index (κ3) is 1.96. The molecule has 0 radical (unpaired) electrons. The third-order valence-corrected chi connectivity index (χ3v) is 5.06. The largest absolute Gasteiger partial charge is 0.481 e. The van der Waals surface area contributed by atoms with Gasteiger partial charge in [-0.15, -0.1) is 0 Å². The van der Waals surface area contributed by atoms with Gasteiger partial charge in [0, 0.05) is 35.9 Å². The highest BCUT2D eigenvalue weighted by Gasteiger charge is 2.50. The predicted octanol–water partition coefficient (Wildman–Crippen LogP) is 1.69. The summed E-state index contributed by atoms with van der Waals surface area (Å²) >= 11 is 0. The summed E-state index contributed by atoms with van der Waals surface area (Å²) < 4.78 is 11.0. The van der Waals surface area contributed by atoms with Crippen LogP contribution in [0.2, 0.25) is 0 Å². The molecule has 1 aromatic carbocycles. The molecule has 5 nitrogen and oxygen atoms in total. The zero-order valence-corrected chi connectivity index (χ0v) is 12.7. The fraction of sp³-hybridized carbons (Fsp3) is 0.471. The van der Waals surface area contributed by atoms with Gasteiger partial charge in [-0.2, -0.15) is 0 Å². The van der Waals surface area contributed by atoms with Crippen molar-refractivity contribution < 1.29 is 14.6 Å². The lowest BCUT2D eigenvalue weighted by Gasteiger charge is -2.26. The molecule has 0 bridgehead atoms. The molecule has 0 spiro atoms. The number of aliphatic hydroxyl groups is 1. The first-order valence-electron chi connectivity index (χ1n) is 7.63. The van der Waals surface area contributed by atoms with Gasteiger partial charge in [-0.1, -0.05) is 18.2 Å². The summed E-state index contributed by atoms with van der Waals surface area (Å²) in [6.07, 6.45) is 0. The van der Waals surface area contributed by atoms with Crippen molar-refractivity contribution in [2.24, 2.45) is 11.3 Å². The van der Waals surface area contributed by atoms with Gasteiger partial charge in [0.1, 0.15) is 0 Å². The molecule has 2 atom stereocenters. The molecular weight excluding hydrogens is 280 g/mol. The highest BCUT2D eigenvalue weighted by molar-refractivity contribution is 5.92. The van der Waals surface area contributed by atoms with Crippen molar-refractivity contribution in [1.82, 2.24) is 4.98 Å². The van der Waals surface area contributed by atoms with Crippen LogP contribution >= 0.6 is 0 Å². The molecular formula is C17H20N2O3. The standard InChI is InChI=1S/C17H20N2O3/c1-21-16-6-15(13-4-2-3-5-14(13)18-16)19-7-12-8-22-11-17(12,9-19)10-20/h2-6,12,20H,7-11H2,1H3/t12-,17-/m1/s1. The Hall–Kier alpha value is -1.85. The summed E-state index contributed by atoms with van der Waals surface area (Å²) in [5, 5.41) is 11.0. The van der Waals surface area contributed by atoms with Crippen LogP contribution in [-0.2, 0) is 4.74 Å². The maximum absolute atomic E-state index is 9.86. The van der Waals surface area contributed by atoms with Gasteiger partial charge in [0.15, 0.2) is 0 Å². The van der Waals surface area contributed by atoms with Gasteiger partial charge in [-0.3, -0.25) is 0 Å². The number of hydrogen-bond donors (Lipinski definition) is 1. The van der Waals surface area contributed by atoms with Crippen LogP contribution in [0.3, 0.4) is 0 Å². The fourth-order valence-corrected chi connectivity index (χ4v) is 3.74. The predicted molar refractivity (Wildman–Crippen MR) is 84.3 cm³/mol. The molecule has 0 saturated carbocycles. The van der Waals surface area contributed by atoms with Crippen LogP contribution in [0.25, 0.3) is 10.9 Å². The number of aliphatic hydroxyl groups excluding tert-OH is 1. The van der Waals surface area contributed by atoms with Gasteiger partial charge in [0.25, 0.3) is 0 Å². The van der Waals surface area contributed by atoms with Crippen LogP contribution in [-0.4, -0.2) is 50.1 Å². The van der Waals surface area contributed by atoms with Crippen LogP contribution in [0.15, 0.2) is 30.3 Å². The Kier molecular flexibility index (Phi) is 3.20. The number of nitrogens with zero attached hydrogens (tertiary/aromatic N) is 2. The number of fused-ring (bicyclic) bond motifs is 2. The van der Waals surface area contributed by atoms with Gasteiger partial charge in [0.2, 0.25) is 5.88 Å². The summed E-state index contributed by atoms with van der Waals surface area (Å²) in [5.74, 6) is 1.01. The monoisotopic (exact) mass is 300 g/mol. The first kappa shape index (κ1) is 13.8. The number of ether oxygens (including phenoxy) is 2. The first-order chi connectivity index (χ1) is 10.8. The molecule has 2 aromatic rings. The SMILES string of the molecule is COc1cc(N2C[C@@H]3COC[C@]3(CO)C2)c2ccccc2n1. The van der Waals surface area contributed by atoms with Crippen molar-refractivity contribution in [2.45, 2.75) is 0 Å². The Morgan fingerprint density at radius 1 is 1.45 bits per heavy atom. The minimum atomic E-state index is -0.127. The van der Waals surface area contributed by atoms with E-state index in [9.17, 15) is 5.11 Å². The average molecular weight is 300 g/mol. The number of benzene rings is 1. The molecule has 2 aliphatic heterocycles. The molecule has 1 N–H and O–H groups in total. The number of aromatic nitrogens is 1. The fourth-order valence-electron chi connectivity index (χ4n) is 3.74. The molecule has 3 heterocycles. The van der Waals surface area contributed by atoms with E-state index >= 15 is 0 Å². The molecule has 4 rings (SSSR count). The lowest BCUT2D eigenvalue weighted by molar-refractivity contribution is 0.0990. The number of hydrogen-bond acceptors (Lipinski definition) is 5. The van der Waals surface area contributed by atoms with Crippen molar-refractivity contribution in [3.8, 4) is 5.88 Å². The summed E-state index contributed by atoms with van der Waals surface area (Å²) in [6, 6.07) is 10.1. The molecule has 2 fully saturated rings. The summed E-state index contributed by atoms with van der Waals surface area (Å²) in [5.41, 5.74) is 1.94. The lowest BCUT2D eigenvalue weighted by atomic mass is 9.82. The molecule has 2 aliphatic rings. The van der Waals surface area contributed by atoms with E-state index in [1.807, 2.05) is 24.3 Å². The second-order valence-electron chi connectivity index (χ2n) is 6.31. The van der Waals surface area contributed by atoms with Crippen LogP contribution in [0.4, 0.5) is 5.69 Å². The highest BCUT2D eigenvalue weighted by Crippen LogP contribution is 2.44. The smallest absolute Gasteiger partial charge is 0.215 e. The van der Waals surface area contributed by atoms with Crippen molar-refractivity contribution in [3.63, 3.8) is 0 Å². The van der Waals surface area contributed by atoms with Crippen molar-refractivity contribution in [2.75, 3.05) is 44.9 Å². The Morgan fingerprint density at radius 3 is 3.09 bits per heavy atom. The quantitative estimate of drug-likeness (QED) is 0.935. The first-order valence-corrected chi connectivity index (χ1v) is 7.63. The topological polar surface area (TPSA) is 54.8 Å². The Labute approximate surface area is 129 Å². The van der Waals surface area contributed by atoms with Crippen LogP contribution in [0, 0.1) is 11.3 Å². The Balaban J connectivity index is 1.78. The van der Waals surface area contributed by atoms with Gasteiger partial charge in [-0.25, -0.2) is 4.98 Å². The zero-order valence-electron chi connectivity index (χ0n) is 12.7. The van der Waals surface area contributed by atoms with E-state index in [2.05, 4.69) is 16.0 Å². The van der Waals surface area contributed by atoms with E-state index in [0.29, 0.717) is 18.4 Å². The van der Waals surface area contributed by atoms with Crippen molar-refractivity contribution in [1.29, 1.82) is 0 Å². The minimum absolute atomic E-state index is 0.127. The molecule has 5 heteroatoms. The van der Waals surface area contributed by atoms with E-state index in [4.69, 9.17) is 9.47 Å². The highest BCUT2D eigenvalue weighted by atomic mass is 16.5. The van der Waals surface area contributed by atoms with Gasteiger partial charge >= 0.3 is 0 Å². The summed E-state index contributed by atoms with van der Waals surface area (Å²) in [4.78, 5) is 6.86. The van der Waals surface area contributed by atoms with Crippen molar-refractivity contribution >= 4 is 16.6 Å². The molecule has 1 aromatic heterocycles. The molecule has 0 amide bonds. The molecule has 116 valence electrons. The van der Waals surface area contributed by atoms with E-state index in [1.54, 1.807) is 7.11 Å². The zero-order chi connectivity index (χ0) is 15.2. The van der Waals surface area contributed by atoms with E-state index in [1.165, 1.54) is 0 Å².